The highest BCUT2D eigenvalue weighted by molar-refractivity contribution is 6.33. The molecule has 8 heteroatoms. The monoisotopic (exact) mass is 473 g/mol. The van der Waals surface area contributed by atoms with Crippen molar-refractivity contribution in [2.24, 2.45) is 0 Å². The van der Waals surface area contributed by atoms with Gasteiger partial charge in [-0.1, -0.05) is 35.9 Å². The lowest BCUT2D eigenvalue weighted by Crippen LogP contribution is -2.46. The second-order valence-corrected chi connectivity index (χ2v) is 9.03. The number of aromatic nitrogens is 4. The highest BCUT2D eigenvalue weighted by Crippen LogP contribution is 2.31. The molecule has 0 amide bonds. The Kier molecular flexibility index (Phi) is 6.22. The number of piperazine rings is 1. The summed E-state index contributed by atoms with van der Waals surface area (Å²) in [4.78, 5) is 14.1. The Hall–Kier alpha value is -3.42. The Morgan fingerprint density at radius 1 is 0.941 bits per heavy atom. The Bertz CT molecular complexity index is 1290. The van der Waals surface area contributed by atoms with Gasteiger partial charge in [0.1, 0.15) is 5.69 Å². The van der Waals surface area contributed by atoms with E-state index in [0.717, 1.165) is 61.2 Å². The van der Waals surface area contributed by atoms with E-state index in [1.807, 2.05) is 41.1 Å². The van der Waals surface area contributed by atoms with Crippen molar-refractivity contribution in [1.82, 2.24) is 24.6 Å². The molecule has 0 radical (unpaired) electrons. The van der Waals surface area contributed by atoms with Crippen molar-refractivity contribution in [3.8, 4) is 16.9 Å². The summed E-state index contributed by atoms with van der Waals surface area (Å²) in [5.41, 5.74) is 13.0. The molecule has 5 rings (SSSR count). The predicted molar refractivity (Wildman–Crippen MR) is 137 cm³/mol. The molecular weight excluding hydrogens is 446 g/mol. The number of para-hydroxylation sites is 1. The lowest BCUT2D eigenvalue weighted by molar-refractivity contribution is 0.248. The summed E-state index contributed by atoms with van der Waals surface area (Å²) < 4.78 is 2.05. The number of nitrogen functional groups attached to an aromatic ring is 1. The van der Waals surface area contributed by atoms with Crippen molar-refractivity contribution in [3.63, 3.8) is 0 Å². The SMILES string of the molecule is Cc1nn(-c2ccccc2)c(C)c1CN1CCN(c2nccnc2-c2ccc(Cl)c(N)c2)CC1. The van der Waals surface area contributed by atoms with E-state index >= 15 is 0 Å². The van der Waals surface area contributed by atoms with Gasteiger partial charge < -0.3 is 10.6 Å². The lowest BCUT2D eigenvalue weighted by Gasteiger charge is -2.36. The summed E-state index contributed by atoms with van der Waals surface area (Å²) in [6.45, 7) is 8.77. The summed E-state index contributed by atoms with van der Waals surface area (Å²) in [6, 6.07) is 15.9. The van der Waals surface area contributed by atoms with E-state index in [2.05, 4.69) is 45.7 Å². The molecule has 2 aromatic heterocycles. The molecule has 4 aromatic rings. The number of halogens is 1. The summed E-state index contributed by atoms with van der Waals surface area (Å²) in [5.74, 6) is 0.883. The van der Waals surface area contributed by atoms with Gasteiger partial charge in [0.15, 0.2) is 5.82 Å². The predicted octanol–water partition coefficient (Wildman–Crippen LogP) is 4.50. The van der Waals surface area contributed by atoms with Gasteiger partial charge in [-0.3, -0.25) is 9.88 Å². The lowest BCUT2D eigenvalue weighted by atomic mass is 10.1. The van der Waals surface area contributed by atoms with Crippen molar-refractivity contribution in [2.75, 3.05) is 36.8 Å². The number of anilines is 2. The van der Waals surface area contributed by atoms with E-state index < -0.39 is 0 Å². The van der Waals surface area contributed by atoms with E-state index in [0.29, 0.717) is 10.7 Å². The average molecular weight is 474 g/mol. The second kappa shape index (κ2) is 9.44. The first-order chi connectivity index (χ1) is 16.5. The summed E-state index contributed by atoms with van der Waals surface area (Å²) in [5, 5.41) is 5.35. The van der Waals surface area contributed by atoms with Gasteiger partial charge in [0, 0.05) is 61.9 Å². The van der Waals surface area contributed by atoms with E-state index in [1.54, 1.807) is 12.4 Å². The third kappa shape index (κ3) is 4.36. The average Bonchev–Trinajstić information content (AvgIpc) is 3.15. The number of nitrogens with zero attached hydrogens (tertiary/aromatic N) is 6. The van der Waals surface area contributed by atoms with E-state index in [-0.39, 0.29) is 0 Å². The highest BCUT2D eigenvalue weighted by Gasteiger charge is 2.23. The topological polar surface area (TPSA) is 76.1 Å². The maximum Gasteiger partial charge on any atom is 0.155 e. The van der Waals surface area contributed by atoms with Crippen LogP contribution >= 0.6 is 11.6 Å². The van der Waals surface area contributed by atoms with Crippen LogP contribution in [-0.4, -0.2) is 50.8 Å². The molecule has 1 saturated heterocycles. The fourth-order valence-electron chi connectivity index (χ4n) is 4.52. The molecule has 2 N–H and O–H groups in total. The molecule has 2 aromatic carbocycles. The minimum atomic E-state index is 0.544. The minimum absolute atomic E-state index is 0.544. The first-order valence-electron chi connectivity index (χ1n) is 11.5. The number of aryl methyl sites for hydroxylation is 1. The molecule has 34 heavy (non-hydrogen) atoms. The van der Waals surface area contributed by atoms with Gasteiger partial charge >= 0.3 is 0 Å². The third-order valence-electron chi connectivity index (χ3n) is 6.44. The molecule has 3 heterocycles. The molecule has 0 bridgehead atoms. The van der Waals surface area contributed by atoms with Gasteiger partial charge in [-0.2, -0.15) is 5.10 Å². The molecule has 174 valence electrons. The van der Waals surface area contributed by atoms with Crippen molar-refractivity contribution < 1.29 is 0 Å². The normalized spacial score (nSPS) is 14.5. The van der Waals surface area contributed by atoms with Crippen LogP contribution in [0.4, 0.5) is 11.5 Å². The standard InChI is InChI=1S/C26H28ClN7/c1-18-22(19(2)34(31-18)21-6-4-3-5-7-21)17-32-12-14-33(15-13-32)26-25(29-10-11-30-26)20-8-9-23(27)24(28)16-20/h3-11,16H,12-15,17,28H2,1-2H3. The van der Waals surface area contributed by atoms with Gasteiger partial charge in [0.05, 0.1) is 22.1 Å². The summed E-state index contributed by atoms with van der Waals surface area (Å²) in [6.07, 6.45) is 3.46. The van der Waals surface area contributed by atoms with Gasteiger partial charge in [-0.15, -0.1) is 0 Å². The molecule has 1 aliphatic heterocycles. The smallest absolute Gasteiger partial charge is 0.155 e. The maximum atomic E-state index is 6.11. The Morgan fingerprint density at radius 3 is 2.41 bits per heavy atom. The van der Waals surface area contributed by atoms with E-state index in [1.165, 1.54) is 11.3 Å². The fraction of sp³-hybridized carbons (Fsp3) is 0.269. The van der Waals surface area contributed by atoms with Crippen LogP contribution in [0, 0.1) is 13.8 Å². The Balaban J connectivity index is 1.30. The molecule has 0 unspecified atom stereocenters. The molecule has 0 saturated carbocycles. The zero-order chi connectivity index (χ0) is 23.7. The molecule has 7 nitrogen and oxygen atoms in total. The number of rotatable bonds is 5. The van der Waals surface area contributed by atoms with Gasteiger partial charge in [-0.05, 0) is 38.1 Å². The number of benzene rings is 2. The molecule has 0 atom stereocenters. The quantitative estimate of drug-likeness (QED) is 0.430. The van der Waals surface area contributed by atoms with Crippen LogP contribution in [0.2, 0.25) is 5.02 Å². The van der Waals surface area contributed by atoms with Gasteiger partial charge in [0.2, 0.25) is 0 Å². The number of hydrogen-bond donors (Lipinski definition) is 1. The van der Waals surface area contributed by atoms with Crippen LogP contribution < -0.4 is 10.6 Å². The van der Waals surface area contributed by atoms with E-state index in [4.69, 9.17) is 22.4 Å². The van der Waals surface area contributed by atoms with Crippen LogP contribution in [-0.2, 0) is 6.54 Å². The van der Waals surface area contributed by atoms with Crippen LogP contribution in [0.15, 0.2) is 60.9 Å². The Morgan fingerprint density at radius 2 is 1.68 bits per heavy atom. The third-order valence-corrected chi connectivity index (χ3v) is 6.79. The van der Waals surface area contributed by atoms with Crippen LogP contribution in [0.5, 0.6) is 0 Å². The van der Waals surface area contributed by atoms with Crippen LogP contribution in [0.25, 0.3) is 16.9 Å². The summed E-state index contributed by atoms with van der Waals surface area (Å²) in [7, 11) is 0. The van der Waals surface area contributed by atoms with Crippen molar-refractivity contribution in [1.29, 1.82) is 0 Å². The first-order valence-corrected chi connectivity index (χ1v) is 11.8. The molecule has 0 aliphatic carbocycles. The fourth-order valence-corrected chi connectivity index (χ4v) is 4.64. The molecular formula is C26H28ClN7. The Labute approximate surface area is 204 Å². The number of hydrogen-bond acceptors (Lipinski definition) is 6. The second-order valence-electron chi connectivity index (χ2n) is 8.62. The van der Waals surface area contributed by atoms with E-state index in [9.17, 15) is 0 Å². The summed E-state index contributed by atoms with van der Waals surface area (Å²) >= 11 is 6.11. The molecule has 0 spiro atoms. The van der Waals surface area contributed by atoms with Crippen molar-refractivity contribution in [3.05, 3.63) is 82.9 Å². The zero-order valence-electron chi connectivity index (χ0n) is 19.4. The first kappa shape index (κ1) is 22.4. The van der Waals surface area contributed by atoms with Crippen LogP contribution in [0.1, 0.15) is 17.0 Å². The van der Waals surface area contributed by atoms with Crippen LogP contribution in [0.3, 0.4) is 0 Å². The van der Waals surface area contributed by atoms with Gasteiger partial charge in [0.25, 0.3) is 0 Å². The highest BCUT2D eigenvalue weighted by atomic mass is 35.5. The largest absolute Gasteiger partial charge is 0.398 e. The van der Waals surface area contributed by atoms with Gasteiger partial charge in [-0.25, -0.2) is 9.67 Å². The molecule has 1 aliphatic rings. The maximum absolute atomic E-state index is 6.11. The minimum Gasteiger partial charge on any atom is -0.398 e. The zero-order valence-corrected chi connectivity index (χ0v) is 20.2. The molecule has 1 fully saturated rings. The van der Waals surface area contributed by atoms with Crippen molar-refractivity contribution >= 4 is 23.1 Å². The van der Waals surface area contributed by atoms with Crippen molar-refractivity contribution in [2.45, 2.75) is 20.4 Å². The number of nitrogens with two attached hydrogens (primary N) is 1.